The van der Waals surface area contributed by atoms with Crippen molar-refractivity contribution in [1.82, 2.24) is 4.90 Å². The van der Waals surface area contributed by atoms with Crippen LogP contribution < -0.4 is 5.73 Å². The lowest BCUT2D eigenvalue weighted by Gasteiger charge is -2.32. The molecule has 1 amide bonds. The third-order valence-electron chi connectivity index (χ3n) is 3.45. The highest BCUT2D eigenvalue weighted by Gasteiger charge is 2.24. The summed E-state index contributed by atoms with van der Waals surface area (Å²) >= 11 is 0. The SMILES string of the molecule is COCC1CCCN(C(=O)c2ccc(F)c(N)c2)C1. The highest BCUT2D eigenvalue weighted by Crippen LogP contribution is 2.20. The molecule has 0 spiro atoms. The molecule has 1 saturated heterocycles. The maximum absolute atomic E-state index is 13.1. The number of halogens is 1. The third kappa shape index (κ3) is 3.23. The Morgan fingerprint density at radius 3 is 3.05 bits per heavy atom. The number of nitrogens with two attached hydrogens (primary N) is 1. The molecule has 19 heavy (non-hydrogen) atoms. The van der Waals surface area contributed by atoms with E-state index < -0.39 is 5.82 Å². The summed E-state index contributed by atoms with van der Waals surface area (Å²) < 4.78 is 18.2. The zero-order chi connectivity index (χ0) is 13.8. The minimum Gasteiger partial charge on any atom is -0.396 e. The molecule has 0 aromatic heterocycles. The number of carbonyl (C=O) groups excluding carboxylic acids is 1. The van der Waals surface area contributed by atoms with Crippen molar-refractivity contribution < 1.29 is 13.9 Å². The molecule has 4 nitrogen and oxygen atoms in total. The molecule has 1 aliphatic rings. The fraction of sp³-hybridized carbons (Fsp3) is 0.500. The van der Waals surface area contributed by atoms with Gasteiger partial charge in [-0.05, 0) is 37.0 Å². The van der Waals surface area contributed by atoms with E-state index in [1.54, 1.807) is 12.0 Å². The fourth-order valence-electron chi connectivity index (χ4n) is 2.48. The van der Waals surface area contributed by atoms with Gasteiger partial charge in [0.1, 0.15) is 5.82 Å². The lowest BCUT2D eigenvalue weighted by Crippen LogP contribution is -2.41. The lowest BCUT2D eigenvalue weighted by molar-refractivity contribution is 0.0571. The fourth-order valence-corrected chi connectivity index (χ4v) is 2.48. The Labute approximate surface area is 112 Å². The first-order valence-corrected chi connectivity index (χ1v) is 6.45. The summed E-state index contributed by atoms with van der Waals surface area (Å²) in [6.07, 6.45) is 2.04. The van der Waals surface area contributed by atoms with Crippen LogP contribution in [0.25, 0.3) is 0 Å². The third-order valence-corrected chi connectivity index (χ3v) is 3.45. The second-order valence-corrected chi connectivity index (χ2v) is 4.95. The van der Waals surface area contributed by atoms with E-state index in [-0.39, 0.29) is 11.6 Å². The van der Waals surface area contributed by atoms with Crippen LogP contribution in [0.15, 0.2) is 18.2 Å². The number of nitrogen functional groups attached to an aromatic ring is 1. The van der Waals surface area contributed by atoms with E-state index in [9.17, 15) is 9.18 Å². The standard InChI is InChI=1S/C14H19FN2O2/c1-19-9-10-3-2-6-17(8-10)14(18)11-4-5-12(15)13(16)7-11/h4-5,7,10H,2-3,6,8-9,16H2,1H3. The Morgan fingerprint density at radius 2 is 2.37 bits per heavy atom. The molecule has 0 saturated carbocycles. The van der Waals surface area contributed by atoms with Gasteiger partial charge in [0.05, 0.1) is 12.3 Å². The normalized spacial score (nSPS) is 19.5. The van der Waals surface area contributed by atoms with Crippen molar-refractivity contribution in [3.8, 4) is 0 Å². The molecule has 0 bridgehead atoms. The first-order valence-electron chi connectivity index (χ1n) is 6.45. The zero-order valence-electron chi connectivity index (χ0n) is 11.1. The largest absolute Gasteiger partial charge is 0.396 e. The number of nitrogens with zero attached hydrogens (tertiary/aromatic N) is 1. The number of carbonyl (C=O) groups is 1. The van der Waals surface area contributed by atoms with Crippen molar-refractivity contribution in [1.29, 1.82) is 0 Å². The van der Waals surface area contributed by atoms with Crippen LogP contribution in [0.5, 0.6) is 0 Å². The van der Waals surface area contributed by atoms with Crippen LogP contribution in [0.1, 0.15) is 23.2 Å². The summed E-state index contributed by atoms with van der Waals surface area (Å²) in [4.78, 5) is 14.1. The van der Waals surface area contributed by atoms with Gasteiger partial charge >= 0.3 is 0 Å². The van der Waals surface area contributed by atoms with Crippen LogP contribution in [0.3, 0.4) is 0 Å². The Morgan fingerprint density at radius 1 is 1.58 bits per heavy atom. The molecule has 5 heteroatoms. The number of ether oxygens (including phenoxy) is 1. The summed E-state index contributed by atoms with van der Waals surface area (Å²) in [6, 6.07) is 4.12. The van der Waals surface area contributed by atoms with E-state index in [1.807, 2.05) is 0 Å². The van der Waals surface area contributed by atoms with Crippen molar-refractivity contribution >= 4 is 11.6 Å². The zero-order valence-corrected chi connectivity index (χ0v) is 11.1. The van der Waals surface area contributed by atoms with Gasteiger partial charge < -0.3 is 15.4 Å². The number of benzene rings is 1. The highest BCUT2D eigenvalue weighted by atomic mass is 19.1. The lowest BCUT2D eigenvalue weighted by atomic mass is 9.98. The maximum Gasteiger partial charge on any atom is 0.253 e. The van der Waals surface area contributed by atoms with Gasteiger partial charge in [0.15, 0.2) is 0 Å². The van der Waals surface area contributed by atoms with E-state index in [1.165, 1.54) is 18.2 Å². The molecule has 1 aromatic carbocycles. The Hall–Kier alpha value is -1.62. The quantitative estimate of drug-likeness (QED) is 0.850. The summed E-state index contributed by atoms with van der Waals surface area (Å²) in [5.74, 6) is -0.208. The van der Waals surface area contributed by atoms with Crippen molar-refractivity contribution in [2.24, 2.45) is 5.92 Å². The van der Waals surface area contributed by atoms with E-state index >= 15 is 0 Å². The average Bonchev–Trinajstić information content (AvgIpc) is 2.42. The van der Waals surface area contributed by atoms with Crippen molar-refractivity contribution in [2.45, 2.75) is 12.8 Å². The van der Waals surface area contributed by atoms with E-state index in [0.717, 1.165) is 19.4 Å². The van der Waals surface area contributed by atoms with Crippen LogP contribution >= 0.6 is 0 Å². The van der Waals surface area contributed by atoms with Crippen molar-refractivity contribution in [3.63, 3.8) is 0 Å². The first kappa shape index (κ1) is 13.8. The van der Waals surface area contributed by atoms with Gasteiger partial charge in [-0.1, -0.05) is 0 Å². The number of rotatable bonds is 3. The number of piperidine rings is 1. The summed E-state index contributed by atoms with van der Waals surface area (Å²) in [7, 11) is 1.67. The number of hydrogen-bond donors (Lipinski definition) is 1. The Kier molecular flexibility index (Phi) is 4.37. The Bertz CT molecular complexity index is 463. The van der Waals surface area contributed by atoms with Crippen LogP contribution in [0.2, 0.25) is 0 Å². The molecule has 1 unspecified atom stereocenters. The second-order valence-electron chi connectivity index (χ2n) is 4.95. The van der Waals surface area contributed by atoms with Gasteiger partial charge in [0.25, 0.3) is 5.91 Å². The predicted molar refractivity (Wildman–Crippen MR) is 71.3 cm³/mol. The topological polar surface area (TPSA) is 55.6 Å². The van der Waals surface area contributed by atoms with Crippen LogP contribution in [-0.4, -0.2) is 37.6 Å². The van der Waals surface area contributed by atoms with Gasteiger partial charge in [0, 0.05) is 25.8 Å². The summed E-state index contributed by atoms with van der Waals surface area (Å²) in [5, 5.41) is 0. The van der Waals surface area contributed by atoms with Gasteiger partial charge in [-0.2, -0.15) is 0 Å². The molecule has 0 aliphatic carbocycles. The highest BCUT2D eigenvalue weighted by molar-refractivity contribution is 5.95. The van der Waals surface area contributed by atoms with Gasteiger partial charge in [-0.25, -0.2) is 4.39 Å². The number of methoxy groups -OCH3 is 1. The van der Waals surface area contributed by atoms with Gasteiger partial charge in [-0.3, -0.25) is 4.79 Å². The molecular formula is C14H19FN2O2. The maximum atomic E-state index is 13.1. The molecule has 2 N–H and O–H groups in total. The van der Waals surface area contributed by atoms with Gasteiger partial charge in [0.2, 0.25) is 0 Å². The van der Waals surface area contributed by atoms with Gasteiger partial charge in [-0.15, -0.1) is 0 Å². The molecule has 104 valence electrons. The van der Waals surface area contributed by atoms with Crippen LogP contribution in [0, 0.1) is 11.7 Å². The molecule has 1 fully saturated rings. The molecule has 0 radical (unpaired) electrons. The van der Waals surface area contributed by atoms with Crippen molar-refractivity contribution in [2.75, 3.05) is 32.5 Å². The molecule has 1 heterocycles. The van der Waals surface area contributed by atoms with Crippen molar-refractivity contribution in [3.05, 3.63) is 29.6 Å². The second kappa shape index (κ2) is 6.02. The number of amides is 1. The number of hydrogen-bond acceptors (Lipinski definition) is 3. The Balaban J connectivity index is 2.08. The molecule has 1 aliphatic heterocycles. The average molecular weight is 266 g/mol. The van der Waals surface area contributed by atoms with E-state index in [0.29, 0.717) is 24.6 Å². The number of anilines is 1. The first-order chi connectivity index (χ1) is 9.11. The van der Waals surface area contributed by atoms with E-state index in [4.69, 9.17) is 10.5 Å². The smallest absolute Gasteiger partial charge is 0.253 e. The molecule has 1 aromatic rings. The summed E-state index contributed by atoms with van der Waals surface area (Å²) in [6.45, 7) is 2.08. The van der Waals surface area contributed by atoms with Crippen LogP contribution in [0.4, 0.5) is 10.1 Å². The predicted octanol–water partition coefficient (Wildman–Crippen LogP) is 1.91. The molecule has 1 atom stereocenters. The monoisotopic (exact) mass is 266 g/mol. The number of likely N-dealkylation sites (tertiary alicyclic amines) is 1. The molecular weight excluding hydrogens is 247 g/mol. The minimum absolute atomic E-state index is 0.0105. The van der Waals surface area contributed by atoms with E-state index in [2.05, 4.69) is 0 Å². The minimum atomic E-state index is -0.493. The summed E-state index contributed by atoms with van der Waals surface area (Å²) in [5.41, 5.74) is 5.95. The molecule has 2 rings (SSSR count). The van der Waals surface area contributed by atoms with Crippen LogP contribution in [-0.2, 0) is 4.74 Å².